The van der Waals surface area contributed by atoms with Crippen molar-refractivity contribution in [3.8, 4) is 0 Å². The predicted molar refractivity (Wildman–Crippen MR) is 61.6 cm³/mol. The Morgan fingerprint density at radius 1 is 1.33 bits per heavy atom. The first-order chi connectivity index (χ1) is 7.00. The number of nitrogens with one attached hydrogen (secondary N) is 1. The lowest BCUT2D eigenvalue weighted by Gasteiger charge is -2.27. The van der Waals surface area contributed by atoms with Crippen LogP contribution in [0.5, 0.6) is 0 Å². The van der Waals surface area contributed by atoms with Crippen LogP contribution in [0.2, 0.25) is 0 Å². The van der Waals surface area contributed by atoms with Crippen molar-refractivity contribution < 1.29 is 4.79 Å². The average molecular weight is 213 g/mol. The van der Waals surface area contributed by atoms with Crippen LogP contribution in [-0.4, -0.2) is 42.5 Å². The number of amides is 1. The molecule has 1 saturated heterocycles. The summed E-state index contributed by atoms with van der Waals surface area (Å²) in [5.41, 5.74) is 4.91. The van der Waals surface area contributed by atoms with Crippen molar-refractivity contribution in [2.45, 2.75) is 38.6 Å². The molecule has 0 aromatic rings. The summed E-state index contributed by atoms with van der Waals surface area (Å²) in [4.78, 5) is 13.8. The lowest BCUT2D eigenvalue weighted by molar-refractivity contribution is -0.125. The van der Waals surface area contributed by atoms with Crippen LogP contribution >= 0.6 is 0 Å². The highest BCUT2D eigenvalue weighted by Crippen LogP contribution is 2.07. The first-order valence-corrected chi connectivity index (χ1v) is 5.80. The van der Waals surface area contributed by atoms with Gasteiger partial charge in [-0.15, -0.1) is 0 Å². The molecule has 1 amide bonds. The van der Waals surface area contributed by atoms with E-state index in [-0.39, 0.29) is 5.91 Å². The van der Waals surface area contributed by atoms with Gasteiger partial charge in [-0.2, -0.15) is 0 Å². The zero-order chi connectivity index (χ0) is 11.3. The standard InChI is InChI=1S/C11H23N3O/c1-11(2,12)10(15)13-6-9-14-7-4-3-5-8-14/h3-9,12H2,1-2H3,(H,13,15). The predicted octanol–water partition coefficient (Wildman–Crippen LogP) is 0.326. The monoisotopic (exact) mass is 213 g/mol. The molecule has 0 aromatic heterocycles. The van der Waals surface area contributed by atoms with Crippen LogP contribution in [0.15, 0.2) is 0 Å². The number of hydrogen-bond acceptors (Lipinski definition) is 3. The van der Waals surface area contributed by atoms with Crippen LogP contribution in [0.1, 0.15) is 33.1 Å². The fraction of sp³-hybridized carbons (Fsp3) is 0.909. The molecule has 4 nitrogen and oxygen atoms in total. The van der Waals surface area contributed by atoms with Crippen molar-refractivity contribution in [1.29, 1.82) is 0 Å². The highest BCUT2D eigenvalue weighted by atomic mass is 16.2. The SMILES string of the molecule is CC(C)(N)C(=O)NCCN1CCCCC1. The molecule has 0 spiro atoms. The van der Waals surface area contributed by atoms with E-state index in [1.807, 2.05) is 0 Å². The van der Waals surface area contributed by atoms with Gasteiger partial charge >= 0.3 is 0 Å². The largest absolute Gasteiger partial charge is 0.353 e. The second-order valence-electron chi connectivity index (χ2n) is 4.88. The van der Waals surface area contributed by atoms with Crippen molar-refractivity contribution in [2.75, 3.05) is 26.2 Å². The number of nitrogens with two attached hydrogens (primary N) is 1. The van der Waals surface area contributed by atoms with Crippen LogP contribution in [0.3, 0.4) is 0 Å². The number of carbonyl (C=O) groups is 1. The molecule has 1 rings (SSSR count). The van der Waals surface area contributed by atoms with Crippen LogP contribution in [0.4, 0.5) is 0 Å². The minimum Gasteiger partial charge on any atom is -0.353 e. The van der Waals surface area contributed by atoms with E-state index in [0.29, 0.717) is 6.54 Å². The maximum atomic E-state index is 11.5. The summed E-state index contributed by atoms with van der Waals surface area (Å²) in [6, 6.07) is 0. The molecular formula is C11H23N3O. The van der Waals surface area contributed by atoms with Gasteiger partial charge in [0.25, 0.3) is 0 Å². The van der Waals surface area contributed by atoms with Crippen LogP contribution in [-0.2, 0) is 4.79 Å². The van der Waals surface area contributed by atoms with Gasteiger partial charge in [0.2, 0.25) is 5.91 Å². The van der Waals surface area contributed by atoms with Crippen molar-refractivity contribution >= 4 is 5.91 Å². The maximum absolute atomic E-state index is 11.5. The molecule has 0 aromatic carbocycles. The molecule has 0 saturated carbocycles. The number of likely N-dealkylation sites (tertiary alicyclic amines) is 1. The third kappa shape index (κ3) is 4.62. The molecule has 1 aliphatic heterocycles. The molecule has 0 aliphatic carbocycles. The number of rotatable bonds is 4. The second kappa shape index (κ2) is 5.47. The Balaban J connectivity index is 2.12. The van der Waals surface area contributed by atoms with Gasteiger partial charge < -0.3 is 16.0 Å². The molecule has 88 valence electrons. The summed E-state index contributed by atoms with van der Waals surface area (Å²) >= 11 is 0. The third-order valence-electron chi connectivity index (χ3n) is 2.75. The fourth-order valence-corrected chi connectivity index (χ4v) is 1.74. The van der Waals surface area contributed by atoms with E-state index in [9.17, 15) is 4.79 Å². The zero-order valence-corrected chi connectivity index (χ0v) is 9.88. The van der Waals surface area contributed by atoms with Gasteiger partial charge in [0, 0.05) is 13.1 Å². The van der Waals surface area contributed by atoms with E-state index in [1.54, 1.807) is 13.8 Å². The quantitative estimate of drug-likeness (QED) is 0.707. The van der Waals surface area contributed by atoms with Crippen molar-refractivity contribution in [3.05, 3.63) is 0 Å². The highest BCUT2D eigenvalue weighted by molar-refractivity contribution is 5.84. The Bertz CT molecular complexity index is 204. The summed E-state index contributed by atoms with van der Waals surface area (Å²) < 4.78 is 0. The highest BCUT2D eigenvalue weighted by Gasteiger charge is 2.21. The smallest absolute Gasteiger partial charge is 0.239 e. The molecule has 4 heteroatoms. The van der Waals surface area contributed by atoms with Gasteiger partial charge in [-0.3, -0.25) is 4.79 Å². The minimum absolute atomic E-state index is 0.0699. The molecule has 3 N–H and O–H groups in total. The van der Waals surface area contributed by atoms with Gasteiger partial charge in [0.15, 0.2) is 0 Å². The lowest BCUT2D eigenvalue weighted by atomic mass is 10.1. The van der Waals surface area contributed by atoms with E-state index in [4.69, 9.17) is 5.73 Å². The number of hydrogen-bond donors (Lipinski definition) is 2. The van der Waals surface area contributed by atoms with E-state index in [0.717, 1.165) is 6.54 Å². The van der Waals surface area contributed by atoms with Gasteiger partial charge in [-0.05, 0) is 39.8 Å². The van der Waals surface area contributed by atoms with Crippen LogP contribution in [0, 0.1) is 0 Å². The lowest BCUT2D eigenvalue weighted by Crippen LogP contribution is -2.50. The minimum atomic E-state index is -0.762. The molecule has 0 radical (unpaired) electrons. The zero-order valence-electron chi connectivity index (χ0n) is 9.88. The molecular weight excluding hydrogens is 190 g/mol. The third-order valence-corrected chi connectivity index (χ3v) is 2.75. The van der Waals surface area contributed by atoms with Crippen LogP contribution < -0.4 is 11.1 Å². The molecule has 15 heavy (non-hydrogen) atoms. The molecule has 0 unspecified atom stereocenters. The van der Waals surface area contributed by atoms with Gasteiger partial charge in [-0.1, -0.05) is 6.42 Å². The van der Waals surface area contributed by atoms with Crippen molar-refractivity contribution in [3.63, 3.8) is 0 Å². The Kier molecular flexibility index (Phi) is 4.54. The second-order valence-corrected chi connectivity index (χ2v) is 4.88. The first kappa shape index (κ1) is 12.5. The molecule has 1 aliphatic rings. The number of piperidine rings is 1. The molecule has 0 bridgehead atoms. The van der Waals surface area contributed by atoms with Crippen LogP contribution in [0.25, 0.3) is 0 Å². The normalized spacial score (nSPS) is 18.9. The van der Waals surface area contributed by atoms with Crippen molar-refractivity contribution in [1.82, 2.24) is 10.2 Å². The van der Waals surface area contributed by atoms with E-state index in [1.165, 1.54) is 32.4 Å². The Labute approximate surface area is 92.2 Å². The summed E-state index contributed by atoms with van der Waals surface area (Å²) in [5, 5.41) is 2.86. The summed E-state index contributed by atoms with van der Waals surface area (Å²) in [5.74, 6) is -0.0699. The van der Waals surface area contributed by atoms with Gasteiger partial charge in [0.05, 0.1) is 5.54 Å². The van der Waals surface area contributed by atoms with Gasteiger partial charge in [-0.25, -0.2) is 0 Å². The number of carbonyl (C=O) groups excluding carboxylic acids is 1. The summed E-state index contributed by atoms with van der Waals surface area (Å²) in [7, 11) is 0. The van der Waals surface area contributed by atoms with Crippen molar-refractivity contribution in [2.24, 2.45) is 5.73 Å². The molecule has 1 heterocycles. The van der Waals surface area contributed by atoms with E-state index >= 15 is 0 Å². The topological polar surface area (TPSA) is 58.4 Å². The first-order valence-electron chi connectivity index (χ1n) is 5.80. The number of nitrogens with zero attached hydrogens (tertiary/aromatic N) is 1. The Hall–Kier alpha value is -0.610. The van der Waals surface area contributed by atoms with E-state index in [2.05, 4.69) is 10.2 Å². The van der Waals surface area contributed by atoms with E-state index < -0.39 is 5.54 Å². The molecule has 1 fully saturated rings. The van der Waals surface area contributed by atoms with Gasteiger partial charge in [0.1, 0.15) is 0 Å². The average Bonchev–Trinajstić information content (AvgIpc) is 2.18. The summed E-state index contributed by atoms with van der Waals surface area (Å²) in [6.45, 7) is 7.44. The molecule has 0 atom stereocenters. The Morgan fingerprint density at radius 3 is 2.47 bits per heavy atom. The fourth-order valence-electron chi connectivity index (χ4n) is 1.74. The summed E-state index contributed by atoms with van der Waals surface area (Å²) in [6.07, 6.45) is 3.92. The maximum Gasteiger partial charge on any atom is 0.239 e. The Morgan fingerprint density at radius 2 is 1.93 bits per heavy atom.